The average Bonchev–Trinajstić information content (AvgIpc) is 3.02. The second kappa shape index (κ2) is 7.64. The fourth-order valence-electron chi connectivity index (χ4n) is 3.09. The largest absolute Gasteiger partial charge is 0.369 e. The number of nitrogens with one attached hydrogen (secondary N) is 1. The number of amides is 1. The van der Waals surface area contributed by atoms with E-state index in [9.17, 15) is 4.79 Å². The van der Waals surface area contributed by atoms with Crippen molar-refractivity contribution in [1.82, 2.24) is 10.2 Å². The third kappa shape index (κ3) is 3.57. The molecular weight excluding hydrogens is 323 g/mol. The van der Waals surface area contributed by atoms with Crippen LogP contribution in [0.15, 0.2) is 24.3 Å². The molecule has 1 amide bonds. The van der Waals surface area contributed by atoms with Crippen molar-refractivity contribution in [2.45, 2.75) is 25.5 Å². The molecule has 4 nitrogen and oxygen atoms in total. The summed E-state index contributed by atoms with van der Waals surface area (Å²) in [7, 11) is 0. The van der Waals surface area contributed by atoms with Gasteiger partial charge in [-0.3, -0.25) is 4.79 Å². The summed E-state index contributed by atoms with van der Waals surface area (Å²) in [5, 5.41) is 3.96. The molecule has 6 heteroatoms. The molecule has 0 aliphatic carbocycles. The highest BCUT2D eigenvalue weighted by molar-refractivity contribution is 6.31. The van der Waals surface area contributed by atoms with Crippen LogP contribution in [0.2, 0.25) is 5.02 Å². The Balaban J connectivity index is 0.00000176. The number of hydrogen-bond donors (Lipinski definition) is 1. The molecule has 1 aromatic carbocycles. The minimum Gasteiger partial charge on any atom is -0.369 e. The summed E-state index contributed by atoms with van der Waals surface area (Å²) in [6.45, 7) is 4.91. The lowest BCUT2D eigenvalue weighted by molar-refractivity contribution is -0.148. The summed E-state index contributed by atoms with van der Waals surface area (Å²) < 4.78 is 5.91. The first-order valence-corrected chi connectivity index (χ1v) is 7.92. The summed E-state index contributed by atoms with van der Waals surface area (Å²) >= 11 is 6.25. The molecule has 1 aromatic rings. The first-order chi connectivity index (χ1) is 10.2. The first-order valence-electron chi connectivity index (χ1n) is 7.54. The van der Waals surface area contributed by atoms with E-state index in [1.54, 1.807) is 0 Å². The number of hydrogen-bond acceptors (Lipinski definition) is 3. The van der Waals surface area contributed by atoms with Crippen molar-refractivity contribution < 1.29 is 9.53 Å². The third-order valence-corrected chi connectivity index (χ3v) is 4.72. The molecule has 2 aliphatic rings. The lowest BCUT2D eigenvalue weighted by Gasteiger charge is -2.39. The zero-order valence-corrected chi connectivity index (χ0v) is 14.2. The van der Waals surface area contributed by atoms with Gasteiger partial charge in [0.15, 0.2) is 0 Å². The summed E-state index contributed by atoms with van der Waals surface area (Å²) in [6, 6.07) is 7.82. The van der Waals surface area contributed by atoms with E-state index in [0.29, 0.717) is 18.2 Å². The van der Waals surface area contributed by atoms with E-state index in [2.05, 4.69) is 5.32 Å². The molecule has 2 aliphatic heterocycles. The Morgan fingerprint density at radius 2 is 2.18 bits per heavy atom. The number of carbonyl (C=O) groups excluding carboxylic acids is 1. The summed E-state index contributed by atoms with van der Waals surface area (Å²) in [5.41, 5.74) is 0.966. The number of carbonyl (C=O) groups is 1. The zero-order chi connectivity index (χ0) is 14.8. The summed E-state index contributed by atoms with van der Waals surface area (Å²) in [6.07, 6.45) is 0.799. The summed E-state index contributed by atoms with van der Waals surface area (Å²) in [4.78, 5) is 14.6. The lowest BCUT2D eigenvalue weighted by atomic mass is 10.0. The fraction of sp³-hybridized carbons (Fsp3) is 0.562. The van der Waals surface area contributed by atoms with Gasteiger partial charge in [-0.1, -0.05) is 29.8 Å². The lowest BCUT2D eigenvalue weighted by Crippen LogP contribution is -2.50. The molecule has 2 heterocycles. The van der Waals surface area contributed by atoms with Gasteiger partial charge in [0, 0.05) is 17.1 Å². The van der Waals surface area contributed by atoms with Gasteiger partial charge >= 0.3 is 0 Å². The van der Waals surface area contributed by atoms with Crippen LogP contribution in [0.5, 0.6) is 0 Å². The number of rotatable bonds is 2. The monoisotopic (exact) mass is 344 g/mol. The molecular formula is C16H22Cl2N2O2. The highest BCUT2D eigenvalue weighted by atomic mass is 35.5. The van der Waals surface area contributed by atoms with E-state index < -0.39 is 0 Å². The molecule has 0 spiro atoms. The Kier molecular flexibility index (Phi) is 6.09. The van der Waals surface area contributed by atoms with E-state index >= 15 is 0 Å². The smallest absolute Gasteiger partial charge is 0.227 e. The maximum atomic E-state index is 12.7. The Labute approximate surface area is 142 Å². The maximum Gasteiger partial charge on any atom is 0.227 e. The van der Waals surface area contributed by atoms with Crippen molar-refractivity contribution in [2.24, 2.45) is 5.92 Å². The zero-order valence-electron chi connectivity index (χ0n) is 12.6. The number of ether oxygens (including phenoxy) is 1. The molecule has 3 rings (SSSR count). The van der Waals surface area contributed by atoms with Crippen molar-refractivity contribution in [3.63, 3.8) is 0 Å². The standard InChI is InChI=1S/C16H21ClN2O2.ClH/c1-11-10-21-15(13-4-2-3-5-14(13)17)9-19(11)16(20)12-6-7-18-8-12;/h2-5,11-12,15,18H,6-10H2,1H3;1H. The van der Waals surface area contributed by atoms with Gasteiger partial charge in [-0.15, -0.1) is 12.4 Å². The van der Waals surface area contributed by atoms with Gasteiger partial charge in [0.1, 0.15) is 6.10 Å². The van der Waals surface area contributed by atoms with Crippen LogP contribution in [0, 0.1) is 5.92 Å². The van der Waals surface area contributed by atoms with E-state index in [-0.39, 0.29) is 36.4 Å². The molecule has 0 saturated carbocycles. The molecule has 3 atom stereocenters. The number of halogens is 2. The topological polar surface area (TPSA) is 41.6 Å². The molecule has 22 heavy (non-hydrogen) atoms. The number of benzene rings is 1. The van der Waals surface area contributed by atoms with Crippen molar-refractivity contribution in [3.8, 4) is 0 Å². The molecule has 2 fully saturated rings. The van der Waals surface area contributed by atoms with Crippen molar-refractivity contribution in [2.75, 3.05) is 26.2 Å². The Bertz CT molecular complexity index is 521. The molecule has 122 valence electrons. The molecule has 0 bridgehead atoms. The minimum atomic E-state index is -0.131. The van der Waals surface area contributed by atoms with E-state index in [1.807, 2.05) is 36.1 Å². The summed E-state index contributed by atoms with van der Waals surface area (Å²) in [5.74, 6) is 0.352. The normalized spacial score (nSPS) is 28.3. The number of morpholine rings is 1. The molecule has 2 saturated heterocycles. The van der Waals surface area contributed by atoms with Gasteiger partial charge in [-0.05, 0) is 26.0 Å². The van der Waals surface area contributed by atoms with Crippen LogP contribution in [0.1, 0.15) is 25.0 Å². The van der Waals surface area contributed by atoms with Crippen molar-refractivity contribution in [3.05, 3.63) is 34.9 Å². The predicted octanol–water partition coefficient (Wildman–Crippen LogP) is 2.66. The highest BCUT2D eigenvalue weighted by Crippen LogP contribution is 2.31. The van der Waals surface area contributed by atoms with Gasteiger partial charge in [-0.25, -0.2) is 0 Å². The highest BCUT2D eigenvalue weighted by Gasteiger charge is 2.35. The molecule has 0 radical (unpaired) electrons. The van der Waals surface area contributed by atoms with E-state index in [1.165, 1.54) is 0 Å². The van der Waals surface area contributed by atoms with Gasteiger partial charge in [0.05, 0.1) is 25.1 Å². The van der Waals surface area contributed by atoms with E-state index in [0.717, 1.165) is 25.1 Å². The Hall–Kier alpha value is -0.810. The van der Waals surface area contributed by atoms with Crippen LogP contribution >= 0.6 is 24.0 Å². The van der Waals surface area contributed by atoms with Crippen LogP contribution in [0.3, 0.4) is 0 Å². The predicted molar refractivity (Wildman–Crippen MR) is 89.5 cm³/mol. The first kappa shape index (κ1) is 17.5. The second-order valence-corrected chi connectivity index (χ2v) is 6.28. The Morgan fingerprint density at radius 3 is 2.86 bits per heavy atom. The molecule has 1 N–H and O–H groups in total. The van der Waals surface area contributed by atoms with Crippen LogP contribution < -0.4 is 5.32 Å². The maximum absolute atomic E-state index is 12.7. The van der Waals surface area contributed by atoms with Gasteiger partial charge < -0.3 is 15.0 Å². The van der Waals surface area contributed by atoms with Gasteiger partial charge in [-0.2, -0.15) is 0 Å². The van der Waals surface area contributed by atoms with Crippen molar-refractivity contribution >= 4 is 29.9 Å². The van der Waals surface area contributed by atoms with Crippen LogP contribution in [-0.2, 0) is 9.53 Å². The second-order valence-electron chi connectivity index (χ2n) is 5.87. The van der Waals surface area contributed by atoms with Crippen LogP contribution in [0.25, 0.3) is 0 Å². The third-order valence-electron chi connectivity index (χ3n) is 4.38. The molecule has 0 aromatic heterocycles. The van der Waals surface area contributed by atoms with Gasteiger partial charge in [0.25, 0.3) is 0 Å². The fourth-order valence-corrected chi connectivity index (χ4v) is 3.35. The Morgan fingerprint density at radius 1 is 1.41 bits per heavy atom. The van der Waals surface area contributed by atoms with Crippen molar-refractivity contribution in [1.29, 1.82) is 0 Å². The minimum absolute atomic E-state index is 0. The SMILES string of the molecule is CC1COC(c2ccccc2Cl)CN1C(=O)C1CCNC1.Cl. The average molecular weight is 345 g/mol. The van der Waals surface area contributed by atoms with E-state index in [4.69, 9.17) is 16.3 Å². The molecule has 3 unspecified atom stereocenters. The van der Waals surface area contributed by atoms with Gasteiger partial charge in [0.2, 0.25) is 5.91 Å². The number of nitrogens with zero attached hydrogens (tertiary/aromatic N) is 1. The quantitative estimate of drug-likeness (QED) is 0.896. The van der Waals surface area contributed by atoms with Crippen LogP contribution in [-0.4, -0.2) is 43.1 Å². The van der Waals surface area contributed by atoms with Crippen LogP contribution in [0.4, 0.5) is 0 Å².